The molecule has 0 rings (SSSR count). The molecule has 0 spiro atoms. The molecule has 0 aliphatic carbocycles. The summed E-state index contributed by atoms with van der Waals surface area (Å²) in [5, 5.41) is 11.6. The van der Waals surface area contributed by atoms with Crippen LogP contribution in [-0.4, -0.2) is 50.1 Å². The Kier molecular flexibility index (Phi) is 10.4. The number of carbonyl (C=O) groups excluding carboxylic acids is 1. The number of nitrogens with one attached hydrogen (secondary N) is 1. The molecule has 0 bridgehead atoms. The number of carbonyl (C=O) groups is 1. The summed E-state index contributed by atoms with van der Waals surface area (Å²) in [4.78, 5) is 11.4. The Morgan fingerprint density at radius 3 is 2.69 bits per heavy atom. The molecule has 0 aromatic heterocycles. The van der Waals surface area contributed by atoms with Crippen LogP contribution < -0.4 is 5.32 Å². The Labute approximate surface area is 97.1 Å². The normalized spacial score (nSPS) is 12.4. The lowest BCUT2D eigenvalue weighted by molar-refractivity contribution is -0.145. The van der Waals surface area contributed by atoms with Gasteiger partial charge in [0.05, 0.1) is 19.8 Å². The van der Waals surface area contributed by atoms with Crippen molar-refractivity contribution in [2.45, 2.75) is 32.7 Å². The van der Waals surface area contributed by atoms with Gasteiger partial charge in [-0.2, -0.15) is 0 Å². The SMILES string of the molecule is CCOC(=O)C(CC)NCCCOCCO. The fraction of sp³-hybridized carbons (Fsp3) is 0.909. The summed E-state index contributed by atoms with van der Waals surface area (Å²) in [6.07, 6.45) is 1.53. The van der Waals surface area contributed by atoms with Crippen LogP contribution in [0.25, 0.3) is 0 Å². The fourth-order valence-corrected chi connectivity index (χ4v) is 1.25. The quantitative estimate of drug-likeness (QED) is 0.420. The molecule has 0 radical (unpaired) electrons. The molecule has 1 atom stereocenters. The topological polar surface area (TPSA) is 67.8 Å². The molecule has 0 aromatic carbocycles. The average molecular weight is 233 g/mol. The van der Waals surface area contributed by atoms with Crippen LogP contribution in [-0.2, 0) is 14.3 Å². The molecule has 0 saturated heterocycles. The largest absolute Gasteiger partial charge is 0.465 e. The molecule has 5 heteroatoms. The molecule has 0 saturated carbocycles. The van der Waals surface area contributed by atoms with E-state index in [1.807, 2.05) is 6.92 Å². The zero-order chi connectivity index (χ0) is 12.2. The highest BCUT2D eigenvalue weighted by Gasteiger charge is 2.15. The van der Waals surface area contributed by atoms with Crippen molar-refractivity contribution in [3.63, 3.8) is 0 Å². The number of esters is 1. The Hall–Kier alpha value is -0.650. The smallest absolute Gasteiger partial charge is 0.323 e. The van der Waals surface area contributed by atoms with Crippen molar-refractivity contribution >= 4 is 5.97 Å². The maximum Gasteiger partial charge on any atom is 0.323 e. The zero-order valence-electron chi connectivity index (χ0n) is 10.2. The number of rotatable bonds is 10. The second-order valence-electron chi connectivity index (χ2n) is 3.36. The van der Waals surface area contributed by atoms with Crippen LogP contribution in [0, 0.1) is 0 Å². The lowest BCUT2D eigenvalue weighted by atomic mass is 10.2. The van der Waals surface area contributed by atoms with Crippen LogP contribution in [0.1, 0.15) is 26.7 Å². The van der Waals surface area contributed by atoms with Crippen molar-refractivity contribution in [3.8, 4) is 0 Å². The minimum Gasteiger partial charge on any atom is -0.465 e. The van der Waals surface area contributed by atoms with Gasteiger partial charge in [0.1, 0.15) is 6.04 Å². The van der Waals surface area contributed by atoms with Gasteiger partial charge in [-0.05, 0) is 26.3 Å². The van der Waals surface area contributed by atoms with Crippen LogP contribution >= 0.6 is 0 Å². The van der Waals surface area contributed by atoms with E-state index >= 15 is 0 Å². The van der Waals surface area contributed by atoms with E-state index in [9.17, 15) is 4.79 Å². The first-order valence-corrected chi connectivity index (χ1v) is 5.84. The van der Waals surface area contributed by atoms with E-state index in [1.54, 1.807) is 6.92 Å². The molecule has 0 amide bonds. The van der Waals surface area contributed by atoms with Crippen LogP contribution in [0.5, 0.6) is 0 Å². The predicted molar refractivity (Wildman–Crippen MR) is 61.2 cm³/mol. The molecule has 0 aliphatic heterocycles. The average Bonchev–Trinajstić information content (AvgIpc) is 2.28. The van der Waals surface area contributed by atoms with Crippen molar-refractivity contribution in [2.24, 2.45) is 0 Å². The highest BCUT2D eigenvalue weighted by Crippen LogP contribution is 1.95. The van der Waals surface area contributed by atoms with Crippen LogP contribution in [0.3, 0.4) is 0 Å². The molecule has 0 aromatic rings. The number of aliphatic hydroxyl groups excluding tert-OH is 1. The van der Waals surface area contributed by atoms with Gasteiger partial charge >= 0.3 is 5.97 Å². The first-order chi connectivity index (χ1) is 7.76. The molecular formula is C11H23NO4. The Balaban J connectivity index is 3.51. The molecule has 96 valence electrons. The van der Waals surface area contributed by atoms with Gasteiger partial charge in [-0.3, -0.25) is 4.79 Å². The highest BCUT2D eigenvalue weighted by atomic mass is 16.5. The molecular weight excluding hydrogens is 210 g/mol. The second-order valence-corrected chi connectivity index (χ2v) is 3.36. The third kappa shape index (κ3) is 7.62. The van der Waals surface area contributed by atoms with Gasteiger partial charge < -0.3 is 19.9 Å². The Morgan fingerprint density at radius 1 is 1.38 bits per heavy atom. The molecule has 0 fully saturated rings. The molecule has 5 nitrogen and oxygen atoms in total. The summed E-state index contributed by atoms with van der Waals surface area (Å²) in [7, 11) is 0. The number of hydrogen-bond acceptors (Lipinski definition) is 5. The third-order valence-corrected chi connectivity index (χ3v) is 2.07. The van der Waals surface area contributed by atoms with E-state index in [-0.39, 0.29) is 18.6 Å². The lowest BCUT2D eigenvalue weighted by Gasteiger charge is -2.15. The first-order valence-electron chi connectivity index (χ1n) is 5.84. The summed E-state index contributed by atoms with van der Waals surface area (Å²) in [6.45, 7) is 5.87. The standard InChI is InChI=1S/C11H23NO4/c1-3-10(11(14)16-4-2)12-6-5-8-15-9-7-13/h10,12-13H,3-9H2,1-2H3. The zero-order valence-corrected chi connectivity index (χ0v) is 10.2. The van der Waals surface area contributed by atoms with Gasteiger partial charge in [-0.15, -0.1) is 0 Å². The summed E-state index contributed by atoms with van der Waals surface area (Å²) in [6, 6.07) is -0.224. The van der Waals surface area contributed by atoms with Gasteiger partial charge in [0.15, 0.2) is 0 Å². The van der Waals surface area contributed by atoms with Crippen molar-refractivity contribution in [1.29, 1.82) is 0 Å². The molecule has 0 aliphatic rings. The summed E-state index contributed by atoms with van der Waals surface area (Å²) in [5.41, 5.74) is 0. The maximum atomic E-state index is 11.4. The molecule has 0 heterocycles. The van der Waals surface area contributed by atoms with Gasteiger partial charge in [-0.1, -0.05) is 6.92 Å². The van der Waals surface area contributed by atoms with E-state index < -0.39 is 0 Å². The van der Waals surface area contributed by atoms with Crippen molar-refractivity contribution in [3.05, 3.63) is 0 Å². The van der Waals surface area contributed by atoms with Crippen molar-refractivity contribution in [2.75, 3.05) is 33.0 Å². The number of hydrogen-bond donors (Lipinski definition) is 2. The van der Waals surface area contributed by atoms with E-state index in [0.29, 0.717) is 26.4 Å². The second kappa shape index (κ2) is 10.9. The van der Waals surface area contributed by atoms with Crippen LogP contribution in [0.15, 0.2) is 0 Å². The third-order valence-electron chi connectivity index (χ3n) is 2.07. The van der Waals surface area contributed by atoms with Crippen LogP contribution in [0.4, 0.5) is 0 Å². The lowest BCUT2D eigenvalue weighted by Crippen LogP contribution is -2.38. The summed E-state index contributed by atoms with van der Waals surface area (Å²) < 4.78 is 10.0. The first kappa shape index (κ1) is 15.3. The van der Waals surface area contributed by atoms with Gasteiger partial charge in [0.25, 0.3) is 0 Å². The molecule has 1 unspecified atom stereocenters. The van der Waals surface area contributed by atoms with Gasteiger partial charge in [-0.25, -0.2) is 0 Å². The monoisotopic (exact) mass is 233 g/mol. The molecule has 2 N–H and O–H groups in total. The van der Waals surface area contributed by atoms with E-state index in [2.05, 4.69) is 5.32 Å². The van der Waals surface area contributed by atoms with E-state index in [1.165, 1.54) is 0 Å². The van der Waals surface area contributed by atoms with E-state index in [0.717, 1.165) is 12.8 Å². The highest BCUT2D eigenvalue weighted by molar-refractivity contribution is 5.75. The summed E-state index contributed by atoms with van der Waals surface area (Å²) >= 11 is 0. The maximum absolute atomic E-state index is 11.4. The van der Waals surface area contributed by atoms with E-state index in [4.69, 9.17) is 14.6 Å². The van der Waals surface area contributed by atoms with Gasteiger partial charge in [0, 0.05) is 6.61 Å². The fourth-order valence-electron chi connectivity index (χ4n) is 1.25. The Bertz CT molecular complexity index is 175. The molecule has 16 heavy (non-hydrogen) atoms. The minimum atomic E-state index is -0.224. The number of ether oxygens (including phenoxy) is 2. The van der Waals surface area contributed by atoms with Crippen molar-refractivity contribution in [1.82, 2.24) is 5.32 Å². The predicted octanol–water partition coefficient (Wildman–Crippen LogP) is 0.317. The van der Waals surface area contributed by atoms with Crippen LogP contribution in [0.2, 0.25) is 0 Å². The van der Waals surface area contributed by atoms with Gasteiger partial charge in [0.2, 0.25) is 0 Å². The number of aliphatic hydroxyl groups is 1. The minimum absolute atomic E-state index is 0.0494. The van der Waals surface area contributed by atoms with Crippen molar-refractivity contribution < 1.29 is 19.4 Å². The Morgan fingerprint density at radius 2 is 2.12 bits per heavy atom. The summed E-state index contributed by atoms with van der Waals surface area (Å²) in [5.74, 6) is -0.193.